The molecule has 0 aliphatic carbocycles. The predicted octanol–water partition coefficient (Wildman–Crippen LogP) is 3.86. The van der Waals surface area contributed by atoms with Gasteiger partial charge in [0.05, 0.1) is 5.69 Å². The molecule has 0 aliphatic rings. The molecule has 5 heteroatoms. The summed E-state index contributed by atoms with van der Waals surface area (Å²) in [5.41, 5.74) is 2.94. The summed E-state index contributed by atoms with van der Waals surface area (Å²) in [5, 5.41) is 8.15. The maximum Gasteiger partial charge on any atom is 0.175 e. The lowest BCUT2D eigenvalue weighted by molar-refractivity contribution is 1.01. The van der Waals surface area contributed by atoms with Gasteiger partial charge in [-0.2, -0.15) is 0 Å². The van der Waals surface area contributed by atoms with Gasteiger partial charge in [0.15, 0.2) is 10.3 Å². The van der Waals surface area contributed by atoms with Crippen molar-refractivity contribution in [3.05, 3.63) is 46.2 Å². The summed E-state index contributed by atoms with van der Waals surface area (Å²) >= 11 is 11.8. The summed E-state index contributed by atoms with van der Waals surface area (Å²) in [6, 6.07) is 9.72. The first-order chi connectivity index (χ1) is 8.09. The van der Waals surface area contributed by atoms with Gasteiger partial charge in [0.25, 0.3) is 0 Å². The third kappa shape index (κ3) is 2.51. The van der Waals surface area contributed by atoms with Crippen LogP contribution in [-0.2, 0) is 0 Å². The maximum absolute atomic E-state index is 6.02. The van der Waals surface area contributed by atoms with Gasteiger partial charge in [-0.25, -0.2) is 0 Å². The van der Waals surface area contributed by atoms with E-state index in [0.717, 1.165) is 16.9 Å². The van der Waals surface area contributed by atoms with E-state index in [9.17, 15) is 0 Å². The lowest BCUT2D eigenvalue weighted by Gasteiger charge is -2.21. The number of hydrogen-bond acceptors (Lipinski definition) is 3. The van der Waals surface area contributed by atoms with Crippen LogP contribution >= 0.6 is 23.2 Å². The normalized spacial score (nSPS) is 10.4. The van der Waals surface area contributed by atoms with Crippen LogP contribution in [0.3, 0.4) is 0 Å². The molecule has 0 atom stereocenters. The molecule has 3 nitrogen and oxygen atoms in total. The van der Waals surface area contributed by atoms with E-state index < -0.39 is 0 Å². The number of para-hydroxylation sites is 1. The first-order valence-corrected chi connectivity index (χ1v) is 5.83. The van der Waals surface area contributed by atoms with E-state index in [1.165, 1.54) is 0 Å². The van der Waals surface area contributed by atoms with E-state index in [1.54, 1.807) is 6.07 Å². The molecule has 1 aromatic heterocycles. The number of aryl methyl sites for hydroxylation is 1. The van der Waals surface area contributed by atoms with Crippen LogP contribution in [0.5, 0.6) is 0 Å². The monoisotopic (exact) mass is 267 g/mol. The Bertz CT molecular complexity index is 543. The summed E-state index contributed by atoms with van der Waals surface area (Å²) in [5.74, 6) is 0. The highest BCUT2D eigenvalue weighted by molar-refractivity contribution is 6.33. The number of anilines is 2. The SMILES string of the molecule is Cc1ccccc1N(C)c1cc(Cl)nnc1Cl. The molecular weight excluding hydrogens is 257 g/mol. The second-order valence-electron chi connectivity index (χ2n) is 3.69. The van der Waals surface area contributed by atoms with E-state index in [-0.39, 0.29) is 0 Å². The zero-order valence-corrected chi connectivity index (χ0v) is 11.0. The fourth-order valence-corrected chi connectivity index (χ4v) is 2.01. The highest BCUT2D eigenvalue weighted by Gasteiger charge is 2.12. The average Bonchev–Trinajstić information content (AvgIpc) is 2.32. The molecular formula is C12H11Cl2N3. The second-order valence-corrected chi connectivity index (χ2v) is 4.43. The molecule has 0 fully saturated rings. The smallest absolute Gasteiger partial charge is 0.175 e. The van der Waals surface area contributed by atoms with Crippen molar-refractivity contribution < 1.29 is 0 Å². The Morgan fingerprint density at radius 2 is 1.76 bits per heavy atom. The molecule has 2 aromatic rings. The number of nitrogens with zero attached hydrogens (tertiary/aromatic N) is 3. The second kappa shape index (κ2) is 4.90. The highest BCUT2D eigenvalue weighted by Crippen LogP contribution is 2.31. The Hall–Kier alpha value is -1.32. The molecule has 0 amide bonds. The van der Waals surface area contributed by atoms with Gasteiger partial charge < -0.3 is 4.90 Å². The van der Waals surface area contributed by atoms with Gasteiger partial charge in [-0.15, -0.1) is 10.2 Å². The molecule has 2 rings (SSSR count). The quantitative estimate of drug-likeness (QED) is 0.828. The van der Waals surface area contributed by atoms with E-state index in [4.69, 9.17) is 23.2 Å². The molecule has 0 N–H and O–H groups in total. The molecule has 0 unspecified atom stereocenters. The summed E-state index contributed by atoms with van der Waals surface area (Å²) < 4.78 is 0. The van der Waals surface area contributed by atoms with E-state index in [1.807, 2.05) is 43.1 Å². The van der Waals surface area contributed by atoms with Crippen LogP contribution in [0.1, 0.15) is 5.56 Å². The fourth-order valence-electron chi connectivity index (χ4n) is 1.65. The average molecular weight is 268 g/mol. The number of rotatable bonds is 2. The van der Waals surface area contributed by atoms with Crippen molar-refractivity contribution in [1.29, 1.82) is 0 Å². The number of aromatic nitrogens is 2. The lowest BCUT2D eigenvalue weighted by atomic mass is 10.2. The zero-order valence-electron chi connectivity index (χ0n) is 9.48. The molecule has 1 aromatic carbocycles. The standard InChI is InChI=1S/C12H11Cl2N3/c1-8-5-3-4-6-9(8)17(2)10-7-11(13)15-16-12(10)14/h3-7H,1-2H3. The minimum Gasteiger partial charge on any atom is -0.342 e. The Balaban J connectivity index is 2.47. The summed E-state index contributed by atoms with van der Waals surface area (Å²) in [4.78, 5) is 1.94. The maximum atomic E-state index is 6.02. The lowest BCUT2D eigenvalue weighted by Crippen LogP contribution is -2.12. The minimum atomic E-state index is 0.324. The fraction of sp³-hybridized carbons (Fsp3) is 0.167. The van der Waals surface area contributed by atoms with Crippen LogP contribution < -0.4 is 4.90 Å². The third-order valence-electron chi connectivity index (χ3n) is 2.54. The van der Waals surface area contributed by atoms with Crippen LogP contribution in [0.4, 0.5) is 11.4 Å². The van der Waals surface area contributed by atoms with Gasteiger partial charge >= 0.3 is 0 Å². The first-order valence-electron chi connectivity index (χ1n) is 5.07. The molecule has 0 spiro atoms. The molecule has 17 heavy (non-hydrogen) atoms. The van der Waals surface area contributed by atoms with Gasteiger partial charge in [0.1, 0.15) is 0 Å². The molecule has 0 saturated carbocycles. The van der Waals surface area contributed by atoms with Crippen LogP contribution in [-0.4, -0.2) is 17.2 Å². The van der Waals surface area contributed by atoms with Crippen molar-refractivity contribution >= 4 is 34.6 Å². The van der Waals surface area contributed by atoms with Gasteiger partial charge in [-0.3, -0.25) is 0 Å². The van der Waals surface area contributed by atoms with Gasteiger partial charge in [0, 0.05) is 18.8 Å². The van der Waals surface area contributed by atoms with Crippen molar-refractivity contribution in [3.63, 3.8) is 0 Å². The van der Waals surface area contributed by atoms with Crippen LogP contribution in [0.15, 0.2) is 30.3 Å². The van der Waals surface area contributed by atoms with Crippen LogP contribution in [0.25, 0.3) is 0 Å². The Morgan fingerprint density at radius 3 is 2.47 bits per heavy atom. The molecule has 0 bridgehead atoms. The van der Waals surface area contributed by atoms with Crippen molar-refractivity contribution in [3.8, 4) is 0 Å². The summed E-state index contributed by atoms with van der Waals surface area (Å²) in [6.07, 6.45) is 0. The highest BCUT2D eigenvalue weighted by atomic mass is 35.5. The van der Waals surface area contributed by atoms with Gasteiger partial charge in [-0.1, -0.05) is 41.4 Å². The third-order valence-corrected chi connectivity index (χ3v) is 2.99. The minimum absolute atomic E-state index is 0.324. The number of benzene rings is 1. The largest absolute Gasteiger partial charge is 0.342 e. The molecule has 0 saturated heterocycles. The van der Waals surface area contributed by atoms with E-state index in [2.05, 4.69) is 10.2 Å². The van der Waals surface area contributed by atoms with Crippen molar-refractivity contribution in [2.75, 3.05) is 11.9 Å². The van der Waals surface area contributed by atoms with E-state index in [0.29, 0.717) is 10.3 Å². The predicted molar refractivity (Wildman–Crippen MR) is 71.3 cm³/mol. The Morgan fingerprint density at radius 1 is 1.06 bits per heavy atom. The van der Waals surface area contributed by atoms with Crippen molar-refractivity contribution in [2.24, 2.45) is 0 Å². The Kier molecular flexibility index (Phi) is 3.50. The van der Waals surface area contributed by atoms with Crippen LogP contribution in [0, 0.1) is 6.92 Å². The molecule has 0 aliphatic heterocycles. The number of hydrogen-bond donors (Lipinski definition) is 0. The van der Waals surface area contributed by atoms with Gasteiger partial charge in [-0.05, 0) is 18.6 Å². The zero-order chi connectivity index (χ0) is 12.4. The van der Waals surface area contributed by atoms with Crippen molar-refractivity contribution in [1.82, 2.24) is 10.2 Å². The van der Waals surface area contributed by atoms with E-state index >= 15 is 0 Å². The van der Waals surface area contributed by atoms with Gasteiger partial charge in [0.2, 0.25) is 0 Å². The Labute approximate surface area is 110 Å². The van der Waals surface area contributed by atoms with Crippen LogP contribution in [0.2, 0.25) is 10.3 Å². The molecule has 1 heterocycles. The molecule has 0 radical (unpaired) electrons. The summed E-state index contributed by atoms with van der Waals surface area (Å²) in [6.45, 7) is 2.04. The first kappa shape index (κ1) is 12.1. The molecule has 88 valence electrons. The summed E-state index contributed by atoms with van der Waals surface area (Å²) in [7, 11) is 1.92. The topological polar surface area (TPSA) is 29.0 Å². The number of halogens is 2. The van der Waals surface area contributed by atoms with Crippen molar-refractivity contribution in [2.45, 2.75) is 6.92 Å².